The highest BCUT2D eigenvalue weighted by Gasteiger charge is 2.37. The van der Waals surface area contributed by atoms with Gasteiger partial charge in [0.25, 0.3) is 5.92 Å². The van der Waals surface area contributed by atoms with Gasteiger partial charge in [-0.2, -0.15) is 0 Å². The van der Waals surface area contributed by atoms with Gasteiger partial charge in [-0.3, -0.25) is 0 Å². The summed E-state index contributed by atoms with van der Waals surface area (Å²) in [5.74, 6) is -3.50. The molecule has 1 aromatic carbocycles. The number of rotatable bonds is 3. The highest BCUT2D eigenvalue weighted by atomic mass is 79.9. The summed E-state index contributed by atoms with van der Waals surface area (Å²) in [7, 11) is 0. The Morgan fingerprint density at radius 1 is 1.31 bits per heavy atom. The first-order chi connectivity index (χ1) is 7.29. The number of benzene rings is 1. The standard InChI is InChI=1S/C9H9Br2F2NO2/c10-5-1-4(2-6(11)7(5)16)8(14)9(12,13)3-15/h1-2,8,15-16H,3,14H2/t8-/m1/s1. The molecule has 0 aromatic heterocycles. The van der Waals surface area contributed by atoms with Crippen LogP contribution in [0.4, 0.5) is 8.78 Å². The molecule has 0 amide bonds. The Bertz CT molecular complexity index is 378. The summed E-state index contributed by atoms with van der Waals surface area (Å²) in [6.45, 7) is -1.33. The number of halogens is 4. The normalized spacial score (nSPS) is 13.9. The second-order valence-electron chi connectivity index (χ2n) is 3.23. The summed E-state index contributed by atoms with van der Waals surface area (Å²) < 4.78 is 26.8. The van der Waals surface area contributed by atoms with Crippen LogP contribution in [0.3, 0.4) is 0 Å². The molecule has 0 unspecified atom stereocenters. The molecule has 0 spiro atoms. The summed E-state index contributed by atoms with van der Waals surface area (Å²) in [6.07, 6.45) is 0. The molecule has 0 saturated carbocycles. The lowest BCUT2D eigenvalue weighted by atomic mass is 10.0. The third-order valence-electron chi connectivity index (χ3n) is 2.06. The SMILES string of the molecule is N[C@H](c1cc(Br)c(O)c(Br)c1)C(F)(F)CO. The van der Waals surface area contributed by atoms with E-state index in [-0.39, 0.29) is 20.3 Å². The van der Waals surface area contributed by atoms with Gasteiger partial charge in [-0.05, 0) is 49.6 Å². The van der Waals surface area contributed by atoms with Crippen LogP contribution in [0.15, 0.2) is 21.1 Å². The quantitative estimate of drug-likeness (QED) is 0.776. The largest absolute Gasteiger partial charge is 0.506 e. The molecule has 1 rings (SSSR count). The van der Waals surface area contributed by atoms with Crippen LogP contribution in [0.2, 0.25) is 0 Å². The lowest BCUT2D eigenvalue weighted by Gasteiger charge is -2.22. The monoisotopic (exact) mass is 359 g/mol. The van der Waals surface area contributed by atoms with E-state index < -0.39 is 18.6 Å². The van der Waals surface area contributed by atoms with Gasteiger partial charge in [0.15, 0.2) is 0 Å². The van der Waals surface area contributed by atoms with Crippen LogP contribution < -0.4 is 5.73 Å². The van der Waals surface area contributed by atoms with Gasteiger partial charge >= 0.3 is 0 Å². The fourth-order valence-corrected chi connectivity index (χ4v) is 2.33. The Morgan fingerprint density at radius 2 is 1.75 bits per heavy atom. The van der Waals surface area contributed by atoms with Crippen LogP contribution in [0.5, 0.6) is 5.75 Å². The predicted molar refractivity (Wildman–Crippen MR) is 62.5 cm³/mol. The Morgan fingerprint density at radius 3 is 2.12 bits per heavy atom. The zero-order valence-corrected chi connectivity index (χ0v) is 11.1. The number of hydrogen-bond donors (Lipinski definition) is 3. The van der Waals surface area contributed by atoms with Crippen molar-refractivity contribution in [3.05, 3.63) is 26.6 Å². The van der Waals surface area contributed by atoms with Gasteiger partial charge in [-0.1, -0.05) is 0 Å². The maximum atomic E-state index is 13.1. The van der Waals surface area contributed by atoms with E-state index in [1.54, 1.807) is 0 Å². The number of phenolic OH excluding ortho intramolecular Hbond substituents is 1. The average molecular weight is 361 g/mol. The lowest BCUT2D eigenvalue weighted by Crippen LogP contribution is -2.36. The van der Waals surface area contributed by atoms with Gasteiger partial charge in [0.05, 0.1) is 15.0 Å². The van der Waals surface area contributed by atoms with E-state index in [1.165, 1.54) is 12.1 Å². The molecule has 0 aliphatic rings. The number of aliphatic hydroxyl groups excluding tert-OH is 1. The summed E-state index contributed by atoms with van der Waals surface area (Å²) in [5, 5.41) is 17.9. The van der Waals surface area contributed by atoms with Gasteiger partial charge < -0.3 is 15.9 Å². The maximum Gasteiger partial charge on any atom is 0.289 e. The molecule has 0 saturated heterocycles. The smallest absolute Gasteiger partial charge is 0.289 e. The number of alkyl halides is 2. The van der Waals surface area contributed by atoms with Crippen LogP contribution in [0.1, 0.15) is 11.6 Å². The summed E-state index contributed by atoms with van der Waals surface area (Å²) in [5.41, 5.74) is 5.44. The van der Waals surface area contributed by atoms with Gasteiger partial charge in [0, 0.05) is 0 Å². The zero-order chi connectivity index (χ0) is 12.5. The molecule has 0 aliphatic carbocycles. The second-order valence-corrected chi connectivity index (χ2v) is 4.94. The van der Waals surface area contributed by atoms with E-state index in [4.69, 9.17) is 10.8 Å². The third kappa shape index (κ3) is 2.71. The second kappa shape index (κ2) is 4.95. The van der Waals surface area contributed by atoms with E-state index in [0.29, 0.717) is 0 Å². The van der Waals surface area contributed by atoms with Crippen molar-refractivity contribution >= 4 is 31.9 Å². The minimum Gasteiger partial charge on any atom is -0.506 e. The first-order valence-corrected chi connectivity index (χ1v) is 5.80. The number of aromatic hydroxyl groups is 1. The molecule has 7 heteroatoms. The van der Waals surface area contributed by atoms with E-state index in [9.17, 15) is 13.9 Å². The minimum absolute atomic E-state index is 0.0942. The van der Waals surface area contributed by atoms with E-state index in [0.717, 1.165) is 0 Å². The Hall–Kier alpha value is -0.240. The zero-order valence-electron chi connectivity index (χ0n) is 7.92. The molecule has 0 aliphatic heterocycles. The first-order valence-electron chi connectivity index (χ1n) is 4.21. The lowest BCUT2D eigenvalue weighted by molar-refractivity contribution is -0.0712. The number of aliphatic hydroxyl groups is 1. The molecule has 0 fully saturated rings. The molecule has 90 valence electrons. The van der Waals surface area contributed by atoms with Crippen molar-refractivity contribution in [2.75, 3.05) is 6.61 Å². The molecule has 3 nitrogen and oxygen atoms in total. The van der Waals surface area contributed by atoms with Crippen molar-refractivity contribution in [2.45, 2.75) is 12.0 Å². The predicted octanol–water partition coefficient (Wildman–Crippen LogP) is 2.54. The van der Waals surface area contributed by atoms with Crippen molar-refractivity contribution in [3.63, 3.8) is 0 Å². The average Bonchev–Trinajstić information content (AvgIpc) is 2.24. The van der Waals surface area contributed by atoms with Crippen molar-refractivity contribution in [2.24, 2.45) is 5.73 Å². The number of phenols is 1. The third-order valence-corrected chi connectivity index (χ3v) is 3.27. The fourth-order valence-electron chi connectivity index (χ4n) is 1.11. The molecule has 4 N–H and O–H groups in total. The molecule has 1 atom stereocenters. The summed E-state index contributed by atoms with van der Waals surface area (Å²) in [6, 6.07) is 0.938. The minimum atomic E-state index is -3.41. The molecular weight excluding hydrogens is 352 g/mol. The molecule has 0 bridgehead atoms. The van der Waals surface area contributed by atoms with E-state index in [1.807, 2.05) is 0 Å². The maximum absolute atomic E-state index is 13.1. The number of nitrogens with two attached hydrogens (primary N) is 1. The van der Waals surface area contributed by atoms with Gasteiger partial charge in [0.2, 0.25) is 0 Å². The van der Waals surface area contributed by atoms with E-state index in [2.05, 4.69) is 31.9 Å². The Labute approximate surface area is 108 Å². The summed E-state index contributed by atoms with van der Waals surface area (Å²) in [4.78, 5) is 0. The first kappa shape index (κ1) is 13.8. The highest BCUT2D eigenvalue weighted by molar-refractivity contribution is 9.11. The molecule has 1 aromatic rings. The van der Waals surface area contributed by atoms with E-state index >= 15 is 0 Å². The van der Waals surface area contributed by atoms with Crippen molar-refractivity contribution in [3.8, 4) is 5.75 Å². The Balaban J connectivity index is 3.15. The van der Waals surface area contributed by atoms with Gasteiger partial charge in [0.1, 0.15) is 12.4 Å². The summed E-state index contributed by atoms with van der Waals surface area (Å²) >= 11 is 6.02. The molecule has 0 heterocycles. The van der Waals surface area contributed by atoms with Crippen LogP contribution in [-0.2, 0) is 0 Å². The van der Waals surface area contributed by atoms with Crippen LogP contribution in [0, 0.1) is 0 Å². The fraction of sp³-hybridized carbons (Fsp3) is 0.333. The van der Waals surface area contributed by atoms with Crippen molar-refractivity contribution in [1.82, 2.24) is 0 Å². The molecule has 16 heavy (non-hydrogen) atoms. The Kier molecular flexibility index (Phi) is 4.28. The van der Waals surface area contributed by atoms with Crippen molar-refractivity contribution in [1.29, 1.82) is 0 Å². The molecule has 0 radical (unpaired) electrons. The van der Waals surface area contributed by atoms with Crippen molar-refractivity contribution < 1.29 is 19.0 Å². The topological polar surface area (TPSA) is 66.5 Å². The van der Waals surface area contributed by atoms with Crippen LogP contribution in [-0.4, -0.2) is 22.7 Å². The number of hydrogen-bond acceptors (Lipinski definition) is 3. The van der Waals surface area contributed by atoms with Gasteiger partial charge in [-0.15, -0.1) is 0 Å². The van der Waals surface area contributed by atoms with Crippen LogP contribution in [0.25, 0.3) is 0 Å². The highest BCUT2D eigenvalue weighted by Crippen LogP contribution is 2.37. The van der Waals surface area contributed by atoms with Crippen LogP contribution >= 0.6 is 31.9 Å². The van der Waals surface area contributed by atoms with Gasteiger partial charge in [-0.25, -0.2) is 8.78 Å². The molecular formula is C9H9Br2F2NO2.